The third kappa shape index (κ3) is 4.12. The summed E-state index contributed by atoms with van der Waals surface area (Å²) in [5.41, 5.74) is 0.396. The van der Waals surface area contributed by atoms with E-state index in [1.165, 1.54) is 25.3 Å². The second-order valence-electron chi connectivity index (χ2n) is 4.06. The summed E-state index contributed by atoms with van der Waals surface area (Å²) >= 11 is 12.4. The predicted molar refractivity (Wildman–Crippen MR) is 90.7 cm³/mol. The Labute approximate surface area is 144 Å². The van der Waals surface area contributed by atoms with Crippen LogP contribution in [0.1, 0.15) is 0 Å². The van der Waals surface area contributed by atoms with Gasteiger partial charge in [-0.05, 0) is 46.3 Å². The van der Waals surface area contributed by atoms with Crippen LogP contribution in [-0.2, 0) is 10.0 Å². The molecule has 0 fully saturated rings. The van der Waals surface area contributed by atoms with Gasteiger partial charge in [0.15, 0.2) is 0 Å². The van der Waals surface area contributed by atoms with Crippen molar-refractivity contribution >= 4 is 59.2 Å². The van der Waals surface area contributed by atoms with Gasteiger partial charge in [-0.1, -0.05) is 27.5 Å². The molecule has 0 atom stereocenters. The maximum Gasteiger partial charge on any atom is 0.261 e. The number of benzene rings is 2. The summed E-state index contributed by atoms with van der Waals surface area (Å²) < 4.78 is 33.5. The average Bonchev–Trinajstić information content (AvgIpc) is 2.40. The van der Waals surface area contributed by atoms with Gasteiger partial charge in [0.05, 0.1) is 22.7 Å². The Bertz CT molecular complexity index is 781. The number of rotatable bonds is 4. The Morgan fingerprint density at radius 2 is 1.86 bits per heavy atom. The third-order valence-corrected chi connectivity index (χ3v) is 5.61. The fraction of sp³-hybridized carbons (Fsp3) is 0.0769. The molecule has 8 heteroatoms. The van der Waals surface area contributed by atoms with Gasteiger partial charge >= 0.3 is 0 Å². The SMILES string of the molecule is COc1cc(Br)cc(NS(=O)(=O)c2ccc(Cl)c(Br)c2)c1. The Balaban J connectivity index is 2.37. The van der Waals surface area contributed by atoms with Crippen LogP contribution in [0.2, 0.25) is 5.02 Å². The number of sulfonamides is 1. The first-order valence-electron chi connectivity index (χ1n) is 5.64. The Kier molecular flexibility index (Phi) is 5.19. The summed E-state index contributed by atoms with van der Waals surface area (Å²) in [5.74, 6) is 0.541. The van der Waals surface area contributed by atoms with Gasteiger partial charge in [0.25, 0.3) is 10.0 Å². The van der Waals surface area contributed by atoms with E-state index < -0.39 is 10.0 Å². The highest BCUT2D eigenvalue weighted by Crippen LogP contribution is 2.29. The van der Waals surface area contributed by atoms with E-state index in [0.717, 1.165) is 0 Å². The number of methoxy groups -OCH3 is 1. The lowest BCUT2D eigenvalue weighted by molar-refractivity contribution is 0.415. The smallest absolute Gasteiger partial charge is 0.261 e. The molecule has 0 bridgehead atoms. The van der Waals surface area contributed by atoms with Gasteiger partial charge in [-0.2, -0.15) is 0 Å². The van der Waals surface area contributed by atoms with Gasteiger partial charge < -0.3 is 4.74 Å². The van der Waals surface area contributed by atoms with Crippen molar-refractivity contribution in [2.45, 2.75) is 4.90 Å². The number of nitrogens with one attached hydrogen (secondary N) is 1. The molecule has 0 aliphatic carbocycles. The molecule has 0 heterocycles. The first-order chi connectivity index (χ1) is 9.81. The lowest BCUT2D eigenvalue weighted by Gasteiger charge is -2.10. The molecule has 0 saturated heterocycles. The number of halogens is 3. The Morgan fingerprint density at radius 3 is 2.48 bits per heavy atom. The molecule has 4 nitrogen and oxygen atoms in total. The van der Waals surface area contributed by atoms with Crippen molar-refractivity contribution in [1.82, 2.24) is 0 Å². The number of hydrogen-bond donors (Lipinski definition) is 1. The Morgan fingerprint density at radius 1 is 1.14 bits per heavy atom. The second-order valence-corrected chi connectivity index (χ2v) is 7.92. The first-order valence-corrected chi connectivity index (χ1v) is 9.09. The van der Waals surface area contributed by atoms with E-state index >= 15 is 0 Å². The first kappa shape index (κ1) is 16.6. The summed E-state index contributed by atoms with van der Waals surface area (Å²) in [6.45, 7) is 0. The molecule has 0 aliphatic heterocycles. The molecule has 21 heavy (non-hydrogen) atoms. The summed E-state index contributed by atoms with van der Waals surface area (Å²) in [5, 5.41) is 0.443. The lowest BCUT2D eigenvalue weighted by Crippen LogP contribution is -2.13. The van der Waals surface area contributed by atoms with Gasteiger partial charge in [0.1, 0.15) is 5.75 Å². The number of anilines is 1. The average molecular weight is 456 g/mol. The van der Waals surface area contributed by atoms with Crippen molar-refractivity contribution in [2.24, 2.45) is 0 Å². The van der Waals surface area contributed by atoms with Gasteiger partial charge in [-0.15, -0.1) is 0 Å². The zero-order chi connectivity index (χ0) is 15.6. The largest absolute Gasteiger partial charge is 0.497 e. The number of ether oxygens (including phenoxy) is 1. The minimum absolute atomic E-state index is 0.109. The highest BCUT2D eigenvalue weighted by Gasteiger charge is 2.16. The van der Waals surface area contributed by atoms with Gasteiger partial charge in [-0.25, -0.2) is 8.42 Å². The van der Waals surface area contributed by atoms with E-state index in [9.17, 15) is 8.42 Å². The van der Waals surface area contributed by atoms with E-state index in [-0.39, 0.29) is 4.90 Å². The third-order valence-electron chi connectivity index (χ3n) is 2.56. The van der Waals surface area contributed by atoms with Crippen LogP contribution >= 0.6 is 43.5 Å². The molecular weight excluding hydrogens is 445 g/mol. The molecule has 0 saturated carbocycles. The molecule has 0 radical (unpaired) electrons. The molecule has 2 rings (SSSR count). The van der Waals surface area contributed by atoms with E-state index in [1.807, 2.05) is 0 Å². The molecular formula is C13H10Br2ClNO3S. The van der Waals surface area contributed by atoms with Crippen LogP contribution in [-0.4, -0.2) is 15.5 Å². The fourth-order valence-corrected chi connectivity index (χ4v) is 3.78. The predicted octanol–water partition coefficient (Wildman–Crippen LogP) is 4.67. The highest BCUT2D eigenvalue weighted by molar-refractivity contribution is 9.10. The molecule has 0 aliphatic rings. The molecule has 0 amide bonds. The van der Waals surface area contributed by atoms with Crippen molar-refractivity contribution in [2.75, 3.05) is 11.8 Å². The second kappa shape index (κ2) is 6.56. The molecule has 112 valence electrons. The summed E-state index contributed by atoms with van der Waals surface area (Å²) in [6, 6.07) is 9.36. The van der Waals surface area contributed by atoms with Crippen LogP contribution in [0.4, 0.5) is 5.69 Å². The van der Waals surface area contributed by atoms with Gasteiger partial charge in [-0.3, -0.25) is 4.72 Å². The lowest BCUT2D eigenvalue weighted by atomic mass is 10.3. The molecule has 2 aromatic rings. The summed E-state index contributed by atoms with van der Waals surface area (Å²) in [4.78, 5) is 0.109. The molecule has 2 aromatic carbocycles. The normalized spacial score (nSPS) is 11.2. The minimum Gasteiger partial charge on any atom is -0.497 e. The van der Waals surface area contributed by atoms with E-state index in [2.05, 4.69) is 36.6 Å². The highest BCUT2D eigenvalue weighted by atomic mass is 79.9. The van der Waals surface area contributed by atoms with Crippen molar-refractivity contribution in [3.63, 3.8) is 0 Å². The molecule has 0 unspecified atom stereocenters. The van der Waals surface area contributed by atoms with E-state index in [0.29, 0.717) is 25.4 Å². The molecule has 0 spiro atoms. The van der Waals surface area contributed by atoms with Crippen molar-refractivity contribution < 1.29 is 13.2 Å². The van der Waals surface area contributed by atoms with E-state index in [1.54, 1.807) is 18.2 Å². The maximum atomic E-state index is 12.3. The zero-order valence-corrected chi connectivity index (χ0v) is 15.5. The van der Waals surface area contributed by atoms with Crippen molar-refractivity contribution in [3.05, 3.63) is 50.4 Å². The number of hydrogen-bond acceptors (Lipinski definition) is 3. The van der Waals surface area contributed by atoms with Gasteiger partial charge in [0, 0.05) is 15.0 Å². The molecule has 0 aromatic heterocycles. The summed E-state index contributed by atoms with van der Waals surface area (Å²) in [6.07, 6.45) is 0. The van der Waals surface area contributed by atoms with Crippen LogP contribution in [0.5, 0.6) is 5.75 Å². The van der Waals surface area contributed by atoms with Crippen LogP contribution in [0.15, 0.2) is 50.2 Å². The van der Waals surface area contributed by atoms with Crippen molar-refractivity contribution in [1.29, 1.82) is 0 Å². The van der Waals surface area contributed by atoms with Crippen LogP contribution in [0.25, 0.3) is 0 Å². The van der Waals surface area contributed by atoms with Gasteiger partial charge in [0.2, 0.25) is 0 Å². The summed E-state index contributed by atoms with van der Waals surface area (Å²) in [7, 11) is -2.20. The van der Waals surface area contributed by atoms with Crippen LogP contribution in [0.3, 0.4) is 0 Å². The monoisotopic (exact) mass is 453 g/mol. The zero-order valence-electron chi connectivity index (χ0n) is 10.7. The minimum atomic E-state index is -3.71. The maximum absolute atomic E-state index is 12.3. The van der Waals surface area contributed by atoms with Crippen molar-refractivity contribution in [3.8, 4) is 5.75 Å². The van der Waals surface area contributed by atoms with Crippen LogP contribution < -0.4 is 9.46 Å². The topological polar surface area (TPSA) is 55.4 Å². The Hall–Kier alpha value is -0.760. The standard InChI is InChI=1S/C13H10Br2ClNO3S/c1-20-10-5-8(14)4-9(6-10)17-21(18,19)11-2-3-13(16)12(15)7-11/h2-7,17H,1H3. The molecule has 1 N–H and O–H groups in total. The van der Waals surface area contributed by atoms with E-state index in [4.69, 9.17) is 16.3 Å². The van der Waals surface area contributed by atoms with Crippen LogP contribution in [0, 0.1) is 0 Å². The quantitative estimate of drug-likeness (QED) is 0.729. The fourth-order valence-electron chi connectivity index (χ4n) is 1.60.